The van der Waals surface area contributed by atoms with Crippen LogP contribution in [0.4, 0.5) is 0 Å². The Morgan fingerprint density at radius 3 is 2.55 bits per heavy atom. The molecule has 0 saturated carbocycles. The van der Waals surface area contributed by atoms with E-state index in [1.807, 2.05) is 20.8 Å². The molecular formula is C15H26N2O3. The number of rotatable bonds is 4. The summed E-state index contributed by atoms with van der Waals surface area (Å²) in [5.74, 6) is 0.213. The van der Waals surface area contributed by atoms with E-state index in [2.05, 4.69) is 0 Å². The first-order valence-corrected chi connectivity index (χ1v) is 7.57. The lowest BCUT2D eigenvalue weighted by Crippen LogP contribution is -2.67. The van der Waals surface area contributed by atoms with Gasteiger partial charge in [-0.2, -0.15) is 0 Å². The van der Waals surface area contributed by atoms with Crippen molar-refractivity contribution in [1.29, 1.82) is 0 Å². The van der Waals surface area contributed by atoms with Crippen molar-refractivity contribution in [2.45, 2.75) is 64.1 Å². The summed E-state index contributed by atoms with van der Waals surface area (Å²) in [6.07, 6.45) is 3.49. The van der Waals surface area contributed by atoms with Crippen molar-refractivity contribution >= 4 is 11.8 Å². The third kappa shape index (κ3) is 2.68. The highest BCUT2D eigenvalue weighted by molar-refractivity contribution is 5.97. The van der Waals surface area contributed by atoms with Gasteiger partial charge >= 0.3 is 0 Å². The summed E-state index contributed by atoms with van der Waals surface area (Å²) in [5.41, 5.74) is -0.430. The average Bonchev–Trinajstić information content (AvgIpc) is 2.45. The quantitative estimate of drug-likeness (QED) is 0.783. The first-order chi connectivity index (χ1) is 9.41. The zero-order valence-corrected chi connectivity index (χ0v) is 13.0. The molecule has 114 valence electrons. The summed E-state index contributed by atoms with van der Waals surface area (Å²) in [6, 6.07) is -0.571. The highest BCUT2D eigenvalue weighted by Gasteiger charge is 2.46. The van der Waals surface area contributed by atoms with Crippen LogP contribution in [0.5, 0.6) is 0 Å². The van der Waals surface area contributed by atoms with E-state index >= 15 is 0 Å². The summed E-state index contributed by atoms with van der Waals surface area (Å²) in [6.45, 7) is 7.06. The number of hydrogen-bond acceptors (Lipinski definition) is 3. The molecule has 2 heterocycles. The minimum Gasteiger partial charge on any atom is -0.377 e. The Morgan fingerprint density at radius 1 is 1.25 bits per heavy atom. The smallest absolute Gasteiger partial charge is 0.246 e. The van der Waals surface area contributed by atoms with Crippen molar-refractivity contribution in [3.05, 3.63) is 0 Å². The van der Waals surface area contributed by atoms with E-state index in [-0.39, 0.29) is 23.9 Å². The molecule has 2 unspecified atom stereocenters. The molecule has 2 aliphatic heterocycles. The third-order valence-electron chi connectivity index (χ3n) is 4.51. The van der Waals surface area contributed by atoms with E-state index in [1.165, 1.54) is 0 Å². The van der Waals surface area contributed by atoms with Gasteiger partial charge in [-0.05, 0) is 39.5 Å². The van der Waals surface area contributed by atoms with Crippen LogP contribution in [0.2, 0.25) is 0 Å². The number of ether oxygens (including phenoxy) is 1. The number of carbonyl (C=O) groups excluding carboxylic acids is 2. The molecule has 2 aliphatic rings. The number of methoxy groups -OCH3 is 1. The second kappa shape index (κ2) is 5.72. The van der Waals surface area contributed by atoms with Gasteiger partial charge < -0.3 is 14.5 Å². The summed E-state index contributed by atoms with van der Waals surface area (Å²) in [7, 11) is 1.64. The van der Waals surface area contributed by atoms with Gasteiger partial charge in [-0.15, -0.1) is 0 Å². The van der Waals surface area contributed by atoms with Crippen molar-refractivity contribution in [1.82, 2.24) is 9.80 Å². The fourth-order valence-electron chi connectivity index (χ4n) is 3.18. The Balaban J connectivity index is 2.24. The molecule has 5 heteroatoms. The fraction of sp³-hybridized carbons (Fsp3) is 0.867. The molecule has 0 bridgehead atoms. The predicted molar refractivity (Wildman–Crippen MR) is 76.2 cm³/mol. The Labute approximate surface area is 121 Å². The van der Waals surface area contributed by atoms with Gasteiger partial charge in [0.25, 0.3) is 0 Å². The number of hydrogen-bond donors (Lipinski definition) is 0. The second-order valence-corrected chi connectivity index (χ2v) is 6.40. The molecule has 2 fully saturated rings. The van der Waals surface area contributed by atoms with Crippen molar-refractivity contribution in [2.75, 3.05) is 20.2 Å². The normalized spacial score (nSPS) is 27.8. The van der Waals surface area contributed by atoms with Gasteiger partial charge in [-0.3, -0.25) is 9.59 Å². The van der Waals surface area contributed by atoms with E-state index in [0.717, 1.165) is 25.8 Å². The standard InChI is InChI=1S/C15H26N2O3/c1-5-11-13(18)16-9-7-6-8-12(16)14(19)17(11)10-15(2,3)20-4/h11-12H,5-10H2,1-4H3. The Kier molecular flexibility index (Phi) is 4.37. The molecule has 0 spiro atoms. The monoisotopic (exact) mass is 282 g/mol. The van der Waals surface area contributed by atoms with Gasteiger partial charge in [0.2, 0.25) is 11.8 Å². The molecule has 0 aromatic carbocycles. The fourth-order valence-corrected chi connectivity index (χ4v) is 3.18. The number of fused-ring (bicyclic) bond motifs is 1. The third-order valence-corrected chi connectivity index (χ3v) is 4.51. The number of amides is 2. The maximum absolute atomic E-state index is 12.7. The first kappa shape index (κ1) is 15.3. The van der Waals surface area contributed by atoms with Crippen LogP contribution in [-0.2, 0) is 14.3 Å². The summed E-state index contributed by atoms with van der Waals surface area (Å²) in [5, 5.41) is 0. The average molecular weight is 282 g/mol. The van der Waals surface area contributed by atoms with Crippen LogP contribution in [0.25, 0.3) is 0 Å². The molecule has 0 aliphatic carbocycles. The van der Waals surface area contributed by atoms with Gasteiger partial charge in [0.15, 0.2) is 0 Å². The lowest BCUT2D eigenvalue weighted by molar-refractivity contribution is -0.167. The van der Waals surface area contributed by atoms with Gasteiger partial charge in [0.05, 0.1) is 12.1 Å². The van der Waals surface area contributed by atoms with Crippen LogP contribution in [-0.4, -0.2) is 59.5 Å². The molecule has 20 heavy (non-hydrogen) atoms. The van der Waals surface area contributed by atoms with Crippen LogP contribution in [0.1, 0.15) is 46.5 Å². The van der Waals surface area contributed by atoms with E-state index in [0.29, 0.717) is 13.0 Å². The van der Waals surface area contributed by atoms with Crippen molar-refractivity contribution in [3.8, 4) is 0 Å². The minimum absolute atomic E-state index is 0.0984. The van der Waals surface area contributed by atoms with Gasteiger partial charge in [-0.1, -0.05) is 6.92 Å². The molecule has 2 atom stereocenters. The number of nitrogens with zero attached hydrogens (tertiary/aromatic N) is 2. The maximum Gasteiger partial charge on any atom is 0.246 e. The zero-order chi connectivity index (χ0) is 14.9. The Bertz CT molecular complexity index is 395. The molecule has 2 amide bonds. The van der Waals surface area contributed by atoms with Crippen molar-refractivity contribution < 1.29 is 14.3 Å². The molecule has 2 saturated heterocycles. The van der Waals surface area contributed by atoms with E-state index < -0.39 is 5.60 Å². The Hall–Kier alpha value is -1.10. The molecule has 0 N–H and O–H groups in total. The zero-order valence-electron chi connectivity index (χ0n) is 13.0. The summed E-state index contributed by atoms with van der Waals surface area (Å²) >= 11 is 0. The largest absolute Gasteiger partial charge is 0.377 e. The topological polar surface area (TPSA) is 49.9 Å². The Morgan fingerprint density at radius 2 is 1.95 bits per heavy atom. The highest BCUT2D eigenvalue weighted by Crippen LogP contribution is 2.28. The summed E-state index contributed by atoms with van der Waals surface area (Å²) < 4.78 is 5.43. The van der Waals surface area contributed by atoms with Gasteiger partial charge in [-0.25, -0.2) is 0 Å². The molecular weight excluding hydrogens is 256 g/mol. The van der Waals surface area contributed by atoms with Gasteiger partial charge in [0.1, 0.15) is 12.1 Å². The number of carbonyl (C=O) groups is 2. The highest BCUT2D eigenvalue weighted by atomic mass is 16.5. The van der Waals surface area contributed by atoms with Crippen LogP contribution >= 0.6 is 0 Å². The lowest BCUT2D eigenvalue weighted by atomic mass is 9.93. The maximum atomic E-state index is 12.7. The van der Waals surface area contributed by atoms with Crippen molar-refractivity contribution in [2.24, 2.45) is 0 Å². The SMILES string of the molecule is CCC1C(=O)N2CCCCC2C(=O)N1CC(C)(C)OC. The molecule has 0 radical (unpaired) electrons. The number of piperazine rings is 1. The van der Waals surface area contributed by atoms with Crippen LogP contribution in [0.15, 0.2) is 0 Å². The van der Waals surface area contributed by atoms with E-state index in [9.17, 15) is 9.59 Å². The van der Waals surface area contributed by atoms with E-state index in [1.54, 1.807) is 16.9 Å². The van der Waals surface area contributed by atoms with Crippen LogP contribution in [0.3, 0.4) is 0 Å². The first-order valence-electron chi connectivity index (χ1n) is 7.57. The van der Waals surface area contributed by atoms with Crippen molar-refractivity contribution in [3.63, 3.8) is 0 Å². The molecule has 5 nitrogen and oxygen atoms in total. The van der Waals surface area contributed by atoms with Crippen LogP contribution < -0.4 is 0 Å². The van der Waals surface area contributed by atoms with Gasteiger partial charge in [0, 0.05) is 13.7 Å². The number of piperidine rings is 1. The lowest BCUT2D eigenvalue weighted by Gasteiger charge is -2.48. The predicted octanol–water partition coefficient (Wildman–Crippen LogP) is 1.41. The molecule has 2 rings (SSSR count). The van der Waals surface area contributed by atoms with Crippen LogP contribution in [0, 0.1) is 0 Å². The minimum atomic E-state index is -0.430. The van der Waals surface area contributed by atoms with E-state index in [4.69, 9.17) is 4.74 Å². The molecule has 0 aromatic heterocycles. The second-order valence-electron chi connectivity index (χ2n) is 6.40. The molecule has 0 aromatic rings. The summed E-state index contributed by atoms with van der Waals surface area (Å²) in [4.78, 5) is 28.9.